The van der Waals surface area contributed by atoms with Crippen LogP contribution in [-0.4, -0.2) is 30.3 Å². The molecule has 0 bridgehead atoms. The maximum atomic E-state index is 12.0. The van der Waals surface area contributed by atoms with Crippen molar-refractivity contribution in [3.8, 4) is 11.5 Å². The Kier molecular flexibility index (Phi) is 3.56. The largest absolute Gasteiger partial charge is 0.497 e. The van der Waals surface area contributed by atoms with Crippen LogP contribution in [0.25, 0.3) is 0 Å². The zero-order valence-electron chi connectivity index (χ0n) is 10.6. The van der Waals surface area contributed by atoms with E-state index in [2.05, 4.69) is 15.5 Å². The van der Waals surface area contributed by atoms with Crippen LogP contribution in [-0.2, 0) is 0 Å². The molecule has 4 N–H and O–H groups in total. The molecule has 19 heavy (non-hydrogen) atoms. The number of aromatic amines is 1. The van der Waals surface area contributed by atoms with Gasteiger partial charge in [0.2, 0.25) is 0 Å². The van der Waals surface area contributed by atoms with Gasteiger partial charge in [-0.05, 0) is 12.1 Å². The van der Waals surface area contributed by atoms with Crippen LogP contribution in [0.15, 0.2) is 24.4 Å². The number of methoxy groups -OCH3 is 2. The van der Waals surface area contributed by atoms with E-state index >= 15 is 0 Å². The maximum Gasteiger partial charge on any atom is 0.261 e. The number of amides is 1. The number of nitrogens with two attached hydrogens (primary N) is 1. The lowest BCUT2D eigenvalue weighted by atomic mass is 10.2. The smallest absolute Gasteiger partial charge is 0.261 e. The van der Waals surface area contributed by atoms with Gasteiger partial charge in [0.15, 0.2) is 0 Å². The number of aromatic nitrogens is 2. The fourth-order valence-corrected chi connectivity index (χ4v) is 1.57. The van der Waals surface area contributed by atoms with Gasteiger partial charge in [0.25, 0.3) is 5.91 Å². The molecule has 7 heteroatoms. The predicted molar refractivity (Wildman–Crippen MR) is 70.5 cm³/mol. The summed E-state index contributed by atoms with van der Waals surface area (Å²) in [6.07, 6.45) is 1.36. The van der Waals surface area contributed by atoms with Crippen molar-refractivity contribution in [1.82, 2.24) is 10.2 Å². The predicted octanol–water partition coefficient (Wildman–Crippen LogP) is 1.26. The molecule has 2 aromatic rings. The lowest BCUT2D eigenvalue weighted by Crippen LogP contribution is -2.13. The van der Waals surface area contributed by atoms with E-state index in [0.29, 0.717) is 17.2 Å². The molecule has 1 amide bonds. The molecule has 1 aromatic carbocycles. The van der Waals surface area contributed by atoms with Crippen LogP contribution in [0.4, 0.5) is 11.5 Å². The van der Waals surface area contributed by atoms with E-state index in [9.17, 15) is 4.79 Å². The van der Waals surface area contributed by atoms with Gasteiger partial charge in [-0.25, -0.2) is 0 Å². The molecule has 0 unspecified atom stereocenters. The minimum atomic E-state index is -0.366. The molecule has 1 heterocycles. The van der Waals surface area contributed by atoms with Crippen LogP contribution in [0.3, 0.4) is 0 Å². The van der Waals surface area contributed by atoms with Crippen LogP contribution >= 0.6 is 0 Å². The summed E-state index contributed by atoms with van der Waals surface area (Å²) in [4.78, 5) is 12.0. The van der Waals surface area contributed by atoms with Crippen molar-refractivity contribution in [1.29, 1.82) is 0 Å². The van der Waals surface area contributed by atoms with E-state index in [1.807, 2.05) is 0 Å². The quantitative estimate of drug-likeness (QED) is 0.769. The summed E-state index contributed by atoms with van der Waals surface area (Å²) in [5, 5.41) is 8.89. The number of H-pyrrole nitrogens is 1. The van der Waals surface area contributed by atoms with Gasteiger partial charge in [0, 0.05) is 6.07 Å². The minimum Gasteiger partial charge on any atom is -0.497 e. The first kappa shape index (κ1) is 12.7. The van der Waals surface area contributed by atoms with E-state index in [1.54, 1.807) is 25.3 Å². The molecule has 0 fully saturated rings. The van der Waals surface area contributed by atoms with Gasteiger partial charge in [-0.2, -0.15) is 5.10 Å². The minimum absolute atomic E-state index is 0.213. The summed E-state index contributed by atoms with van der Waals surface area (Å²) >= 11 is 0. The number of rotatable bonds is 4. The third kappa shape index (κ3) is 2.59. The number of ether oxygens (including phenoxy) is 2. The lowest BCUT2D eigenvalue weighted by Gasteiger charge is -2.11. The fraction of sp³-hybridized carbons (Fsp3) is 0.167. The van der Waals surface area contributed by atoms with E-state index in [0.717, 1.165) is 0 Å². The highest BCUT2D eigenvalue weighted by atomic mass is 16.5. The number of hydrogen-bond donors (Lipinski definition) is 3. The molecule has 0 aliphatic heterocycles. The summed E-state index contributed by atoms with van der Waals surface area (Å²) < 4.78 is 10.3. The normalized spacial score (nSPS) is 10.0. The van der Waals surface area contributed by atoms with Crippen molar-refractivity contribution in [3.63, 3.8) is 0 Å². The summed E-state index contributed by atoms with van der Waals surface area (Å²) in [5.41, 5.74) is 6.38. The fourth-order valence-electron chi connectivity index (χ4n) is 1.57. The molecule has 0 saturated heterocycles. The van der Waals surface area contributed by atoms with Crippen LogP contribution in [0.2, 0.25) is 0 Å². The Bertz CT molecular complexity index is 594. The third-order valence-corrected chi connectivity index (χ3v) is 2.57. The Hall–Kier alpha value is -2.70. The topological polar surface area (TPSA) is 102 Å². The highest BCUT2D eigenvalue weighted by molar-refractivity contribution is 6.07. The molecule has 0 spiro atoms. The number of benzene rings is 1. The average molecular weight is 262 g/mol. The van der Waals surface area contributed by atoms with Crippen molar-refractivity contribution in [2.75, 3.05) is 25.3 Å². The molecular weight excluding hydrogens is 248 g/mol. The van der Waals surface area contributed by atoms with Gasteiger partial charge >= 0.3 is 0 Å². The molecule has 0 aliphatic rings. The molecule has 2 rings (SSSR count). The van der Waals surface area contributed by atoms with Crippen molar-refractivity contribution in [3.05, 3.63) is 30.0 Å². The molecule has 1 aromatic heterocycles. The SMILES string of the molecule is COc1ccc(NC(=O)c2cn[nH]c2N)c(OC)c1. The Morgan fingerprint density at radius 3 is 2.74 bits per heavy atom. The van der Waals surface area contributed by atoms with Gasteiger partial charge in [0.1, 0.15) is 22.9 Å². The molecule has 100 valence electrons. The first-order valence-corrected chi connectivity index (χ1v) is 5.48. The van der Waals surface area contributed by atoms with Crippen LogP contribution in [0.1, 0.15) is 10.4 Å². The van der Waals surface area contributed by atoms with Crippen molar-refractivity contribution in [2.45, 2.75) is 0 Å². The second kappa shape index (κ2) is 5.30. The zero-order valence-corrected chi connectivity index (χ0v) is 10.6. The Morgan fingerprint density at radius 2 is 2.16 bits per heavy atom. The molecular formula is C12H14N4O3. The Labute approximate surface area is 109 Å². The Balaban J connectivity index is 2.24. The van der Waals surface area contributed by atoms with Crippen molar-refractivity contribution < 1.29 is 14.3 Å². The Morgan fingerprint density at radius 1 is 1.37 bits per heavy atom. The van der Waals surface area contributed by atoms with Crippen LogP contribution in [0.5, 0.6) is 11.5 Å². The van der Waals surface area contributed by atoms with Crippen molar-refractivity contribution >= 4 is 17.4 Å². The first-order valence-electron chi connectivity index (χ1n) is 5.48. The number of nitrogens with one attached hydrogen (secondary N) is 2. The number of nitrogen functional groups attached to an aromatic ring is 1. The monoisotopic (exact) mass is 262 g/mol. The number of hydrogen-bond acceptors (Lipinski definition) is 5. The summed E-state index contributed by atoms with van der Waals surface area (Å²) in [5.74, 6) is 0.979. The molecule has 0 aliphatic carbocycles. The van der Waals surface area contributed by atoms with Gasteiger partial charge in [-0.15, -0.1) is 0 Å². The van der Waals surface area contributed by atoms with Gasteiger partial charge in [-0.1, -0.05) is 0 Å². The van der Waals surface area contributed by atoms with Gasteiger partial charge in [0.05, 0.1) is 26.1 Å². The highest BCUT2D eigenvalue weighted by Crippen LogP contribution is 2.29. The number of carbonyl (C=O) groups is 1. The van der Waals surface area contributed by atoms with E-state index in [4.69, 9.17) is 15.2 Å². The first-order chi connectivity index (χ1) is 9.15. The second-order valence-corrected chi connectivity index (χ2v) is 3.72. The van der Waals surface area contributed by atoms with E-state index in [-0.39, 0.29) is 17.3 Å². The van der Waals surface area contributed by atoms with Gasteiger partial charge < -0.3 is 20.5 Å². The van der Waals surface area contributed by atoms with Crippen LogP contribution in [0, 0.1) is 0 Å². The highest BCUT2D eigenvalue weighted by Gasteiger charge is 2.14. The lowest BCUT2D eigenvalue weighted by molar-refractivity contribution is 0.102. The standard InChI is InChI=1S/C12H14N4O3/c1-18-7-3-4-9(10(5-7)19-2)15-12(17)8-6-14-16-11(8)13/h3-6H,1-2H3,(H,15,17)(H3,13,14,16). The summed E-state index contributed by atoms with van der Waals surface area (Å²) in [6, 6.07) is 5.08. The molecule has 0 saturated carbocycles. The number of anilines is 2. The summed E-state index contributed by atoms with van der Waals surface area (Å²) in [6.45, 7) is 0. The maximum absolute atomic E-state index is 12.0. The number of carbonyl (C=O) groups excluding carboxylic acids is 1. The summed E-state index contributed by atoms with van der Waals surface area (Å²) in [7, 11) is 3.07. The molecule has 0 radical (unpaired) electrons. The molecule has 0 atom stereocenters. The zero-order chi connectivity index (χ0) is 13.8. The van der Waals surface area contributed by atoms with Gasteiger partial charge in [-0.3, -0.25) is 9.89 Å². The van der Waals surface area contributed by atoms with Crippen molar-refractivity contribution in [2.24, 2.45) is 0 Å². The van der Waals surface area contributed by atoms with E-state index in [1.165, 1.54) is 13.3 Å². The van der Waals surface area contributed by atoms with E-state index < -0.39 is 0 Å². The number of nitrogens with zero attached hydrogens (tertiary/aromatic N) is 1. The average Bonchev–Trinajstić information content (AvgIpc) is 2.85. The van der Waals surface area contributed by atoms with Crippen LogP contribution < -0.4 is 20.5 Å². The second-order valence-electron chi connectivity index (χ2n) is 3.72. The molecule has 7 nitrogen and oxygen atoms in total. The third-order valence-electron chi connectivity index (χ3n) is 2.57.